The third-order valence-corrected chi connectivity index (χ3v) is 4.36. The molecule has 0 bridgehead atoms. The van der Waals surface area contributed by atoms with E-state index in [1.165, 1.54) is 0 Å². The van der Waals surface area contributed by atoms with Gasteiger partial charge in [0.2, 0.25) is 5.82 Å². The second-order valence-electron chi connectivity index (χ2n) is 6.60. The molecule has 1 heterocycles. The molecule has 2 N–H and O–H groups in total. The molecule has 2 amide bonds. The predicted octanol–water partition coefficient (Wildman–Crippen LogP) is 2.93. The first-order valence-corrected chi connectivity index (χ1v) is 9.65. The van der Waals surface area contributed by atoms with Gasteiger partial charge in [0.25, 0.3) is 5.91 Å². The largest absolute Gasteiger partial charge is 0.484 e. The van der Waals surface area contributed by atoms with Crippen LogP contribution in [0, 0.1) is 13.8 Å². The van der Waals surface area contributed by atoms with Crippen LogP contribution >= 0.6 is 11.6 Å². The number of benzene rings is 2. The average Bonchev–Trinajstić information content (AvgIpc) is 3.21. The molecule has 8 nitrogen and oxygen atoms in total. The maximum absolute atomic E-state index is 12.1. The maximum Gasteiger partial charge on any atom is 0.316 e. The molecule has 3 aromatic rings. The van der Waals surface area contributed by atoms with Gasteiger partial charge in [-0.1, -0.05) is 40.5 Å². The van der Waals surface area contributed by atoms with Crippen LogP contribution in [0.2, 0.25) is 5.02 Å². The van der Waals surface area contributed by atoms with E-state index in [4.69, 9.17) is 20.9 Å². The van der Waals surface area contributed by atoms with Gasteiger partial charge >= 0.3 is 11.8 Å². The van der Waals surface area contributed by atoms with Crippen LogP contribution in [0.15, 0.2) is 47.0 Å². The second-order valence-corrected chi connectivity index (χ2v) is 7.03. The highest BCUT2D eigenvalue weighted by Gasteiger charge is 2.16. The summed E-state index contributed by atoms with van der Waals surface area (Å²) in [7, 11) is 0. The van der Waals surface area contributed by atoms with E-state index in [1.54, 1.807) is 18.2 Å². The quantitative estimate of drug-likeness (QED) is 0.534. The van der Waals surface area contributed by atoms with Gasteiger partial charge in [0.1, 0.15) is 5.75 Å². The highest BCUT2D eigenvalue weighted by molar-refractivity contribution is 6.30. The molecular weight excluding hydrogens is 408 g/mol. The number of hydrogen-bond acceptors (Lipinski definition) is 6. The molecule has 3 rings (SSSR count). The molecule has 0 aliphatic carbocycles. The lowest BCUT2D eigenvalue weighted by Crippen LogP contribution is -2.36. The van der Waals surface area contributed by atoms with Gasteiger partial charge in [-0.3, -0.25) is 9.59 Å². The highest BCUT2D eigenvalue weighted by atomic mass is 35.5. The molecule has 9 heteroatoms. The summed E-state index contributed by atoms with van der Waals surface area (Å²) in [6, 6.07) is 12.7. The van der Waals surface area contributed by atoms with E-state index in [1.807, 2.05) is 38.1 Å². The number of aryl methyl sites for hydroxylation is 2. The Hall–Kier alpha value is -3.39. The van der Waals surface area contributed by atoms with Crippen molar-refractivity contribution in [2.45, 2.75) is 13.8 Å². The Morgan fingerprint density at radius 3 is 2.67 bits per heavy atom. The fourth-order valence-electron chi connectivity index (χ4n) is 2.64. The average molecular weight is 429 g/mol. The van der Waals surface area contributed by atoms with Crippen LogP contribution in [0.4, 0.5) is 0 Å². The normalized spacial score (nSPS) is 10.5. The van der Waals surface area contributed by atoms with Crippen LogP contribution in [0.1, 0.15) is 21.8 Å². The van der Waals surface area contributed by atoms with Crippen molar-refractivity contribution in [3.05, 3.63) is 64.5 Å². The van der Waals surface area contributed by atoms with Crippen molar-refractivity contribution in [2.75, 3.05) is 19.7 Å². The summed E-state index contributed by atoms with van der Waals surface area (Å²) in [5.74, 6) is -0.0309. The Kier molecular flexibility index (Phi) is 7.03. The van der Waals surface area contributed by atoms with Crippen LogP contribution in [0.3, 0.4) is 0 Å². The molecule has 0 saturated carbocycles. The number of ether oxygens (including phenoxy) is 1. The van der Waals surface area contributed by atoms with Crippen molar-refractivity contribution in [1.82, 2.24) is 20.8 Å². The van der Waals surface area contributed by atoms with Crippen molar-refractivity contribution in [2.24, 2.45) is 0 Å². The van der Waals surface area contributed by atoms with Gasteiger partial charge in [0.15, 0.2) is 6.61 Å². The van der Waals surface area contributed by atoms with Gasteiger partial charge in [0.05, 0.1) is 0 Å². The van der Waals surface area contributed by atoms with E-state index in [0.29, 0.717) is 16.6 Å². The molecule has 0 atom stereocenters. The van der Waals surface area contributed by atoms with E-state index < -0.39 is 5.91 Å². The summed E-state index contributed by atoms with van der Waals surface area (Å²) in [5, 5.41) is 9.70. The summed E-state index contributed by atoms with van der Waals surface area (Å²) in [6.07, 6.45) is 0. The number of aromatic nitrogens is 2. The van der Waals surface area contributed by atoms with Crippen LogP contribution < -0.4 is 15.4 Å². The molecule has 156 valence electrons. The fraction of sp³-hybridized carbons (Fsp3) is 0.238. The number of amides is 2. The summed E-state index contributed by atoms with van der Waals surface area (Å²) >= 11 is 5.89. The SMILES string of the molecule is Cc1cccc(-c2noc(C(=O)NCCNC(=O)COc3ccc(Cl)cc3C)n2)c1. The van der Waals surface area contributed by atoms with Gasteiger partial charge in [-0.15, -0.1) is 0 Å². The highest BCUT2D eigenvalue weighted by Crippen LogP contribution is 2.21. The van der Waals surface area contributed by atoms with Gasteiger partial charge < -0.3 is 19.9 Å². The van der Waals surface area contributed by atoms with E-state index in [9.17, 15) is 9.59 Å². The number of nitrogens with zero attached hydrogens (tertiary/aromatic N) is 2. The van der Waals surface area contributed by atoms with E-state index in [-0.39, 0.29) is 31.5 Å². The number of rotatable bonds is 8. The molecule has 0 aliphatic heterocycles. The van der Waals surface area contributed by atoms with Gasteiger partial charge in [-0.05, 0) is 43.7 Å². The molecule has 2 aromatic carbocycles. The lowest BCUT2D eigenvalue weighted by Gasteiger charge is -2.10. The molecule has 0 saturated heterocycles. The first kappa shape index (κ1) is 21.3. The Bertz CT molecular complexity index is 1050. The van der Waals surface area contributed by atoms with E-state index >= 15 is 0 Å². The minimum Gasteiger partial charge on any atom is -0.484 e. The number of carbonyl (C=O) groups excluding carboxylic acids is 2. The van der Waals surface area contributed by atoms with Crippen molar-refractivity contribution in [3.63, 3.8) is 0 Å². The van der Waals surface area contributed by atoms with Crippen molar-refractivity contribution >= 4 is 23.4 Å². The molecule has 0 unspecified atom stereocenters. The lowest BCUT2D eigenvalue weighted by atomic mass is 10.1. The summed E-state index contributed by atoms with van der Waals surface area (Å²) < 4.78 is 10.5. The number of carbonyl (C=O) groups is 2. The topological polar surface area (TPSA) is 106 Å². The number of nitrogens with one attached hydrogen (secondary N) is 2. The van der Waals surface area contributed by atoms with Crippen molar-refractivity contribution in [3.8, 4) is 17.1 Å². The Balaban J connectivity index is 1.40. The van der Waals surface area contributed by atoms with Crippen molar-refractivity contribution in [1.29, 1.82) is 0 Å². The van der Waals surface area contributed by atoms with Crippen LogP contribution in [0.25, 0.3) is 11.4 Å². The number of hydrogen-bond donors (Lipinski definition) is 2. The summed E-state index contributed by atoms with van der Waals surface area (Å²) in [4.78, 5) is 28.1. The lowest BCUT2D eigenvalue weighted by molar-refractivity contribution is -0.123. The fourth-order valence-corrected chi connectivity index (χ4v) is 2.87. The first-order valence-electron chi connectivity index (χ1n) is 9.27. The molecule has 0 fully saturated rings. The Morgan fingerprint density at radius 2 is 1.90 bits per heavy atom. The summed E-state index contributed by atoms with van der Waals surface area (Å²) in [6.45, 7) is 4.09. The third-order valence-electron chi connectivity index (χ3n) is 4.13. The van der Waals surface area contributed by atoms with Crippen LogP contribution in [-0.4, -0.2) is 41.7 Å². The third kappa shape index (κ3) is 5.81. The monoisotopic (exact) mass is 428 g/mol. The molecule has 0 radical (unpaired) electrons. The maximum atomic E-state index is 12.1. The molecular formula is C21H21ClN4O4. The standard InChI is InChI=1S/C21H21ClN4O4/c1-13-4-3-5-15(10-13)19-25-21(30-26-19)20(28)24-9-8-23-18(27)12-29-17-7-6-16(22)11-14(17)2/h3-7,10-11H,8-9,12H2,1-2H3,(H,23,27)(H,24,28). The van der Waals surface area contributed by atoms with Gasteiger partial charge in [-0.2, -0.15) is 4.98 Å². The van der Waals surface area contributed by atoms with Crippen LogP contribution in [0.5, 0.6) is 5.75 Å². The van der Waals surface area contributed by atoms with Crippen LogP contribution in [-0.2, 0) is 4.79 Å². The second kappa shape index (κ2) is 9.89. The molecule has 0 aliphatic rings. The minimum atomic E-state index is -0.510. The van der Waals surface area contributed by atoms with Gasteiger partial charge in [-0.25, -0.2) is 0 Å². The van der Waals surface area contributed by atoms with Crippen molar-refractivity contribution < 1.29 is 18.8 Å². The Morgan fingerprint density at radius 1 is 1.10 bits per heavy atom. The minimum absolute atomic E-state index is 0.139. The smallest absolute Gasteiger partial charge is 0.316 e. The zero-order valence-electron chi connectivity index (χ0n) is 16.6. The van der Waals surface area contributed by atoms with E-state index in [0.717, 1.165) is 16.7 Å². The predicted molar refractivity (Wildman–Crippen MR) is 111 cm³/mol. The number of halogens is 1. The summed E-state index contributed by atoms with van der Waals surface area (Å²) in [5.41, 5.74) is 2.65. The Labute approximate surface area is 178 Å². The molecule has 1 aromatic heterocycles. The van der Waals surface area contributed by atoms with Gasteiger partial charge in [0, 0.05) is 23.7 Å². The zero-order chi connectivity index (χ0) is 21.5. The molecule has 0 spiro atoms. The zero-order valence-corrected chi connectivity index (χ0v) is 17.3. The van der Waals surface area contributed by atoms with E-state index in [2.05, 4.69) is 20.8 Å². The molecule has 30 heavy (non-hydrogen) atoms. The first-order chi connectivity index (χ1) is 14.4.